The monoisotopic (exact) mass is 245 g/mol. The highest BCUT2D eigenvalue weighted by Crippen LogP contribution is 2.28. The van der Waals surface area contributed by atoms with Crippen molar-refractivity contribution >= 4 is 5.82 Å². The third-order valence-corrected chi connectivity index (χ3v) is 2.82. The molecule has 0 spiro atoms. The SMILES string of the molecule is Cc1c(N)nn(C)c1-c1ccc(OC(C)C)cc1. The van der Waals surface area contributed by atoms with Crippen molar-refractivity contribution in [2.24, 2.45) is 7.05 Å². The Labute approximate surface area is 107 Å². The molecule has 0 aliphatic heterocycles. The van der Waals surface area contributed by atoms with Gasteiger partial charge >= 0.3 is 0 Å². The van der Waals surface area contributed by atoms with Gasteiger partial charge in [0.1, 0.15) is 11.6 Å². The average Bonchev–Trinajstić information content (AvgIpc) is 2.54. The number of nitrogen functional groups attached to an aromatic ring is 1. The molecule has 4 nitrogen and oxygen atoms in total. The maximum Gasteiger partial charge on any atom is 0.148 e. The van der Waals surface area contributed by atoms with Crippen LogP contribution in [0.2, 0.25) is 0 Å². The Balaban J connectivity index is 2.34. The van der Waals surface area contributed by atoms with Gasteiger partial charge in [0, 0.05) is 18.2 Å². The number of rotatable bonds is 3. The van der Waals surface area contributed by atoms with Crippen molar-refractivity contribution in [2.75, 3.05) is 5.73 Å². The normalized spacial score (nSPS) is 10.9. The van der Waals surface area contributed by atoms with Gasteiger partial charge < -0.3 is 10.5 Å². The van der Waals surface area contributed by atoms with Gasteiger partial charge in [-0.15, -0.1) is 0 Å². The number of hydrogen-bond donors (Lipinski definition) is 1. The average molecular weight is 245 g/mol. The minimum absolute atomic E-state index is 0.185. The molecule has 0 saturated carbocycles. The molecule has 0 atom stereocenters. The Morgan fingerprint density at radius 3 is 2.28 bits per heavy atom. The summed E-state index contributed by atoms with van der Waals surface area (Å²) in [6.07, 6.45) is 0.185. The fourth-order valence-electron chi connectivity index (χ4n) is 2.02. The van der Waals surface area contributed by atoms with Gasteiger partial charge in [-0.2, -0.15) is 5.10 Å². The second kappa shape index (κ2) is 4.72. The summed E-state index contributed by atoms with van der Waals surface area (Å²) in [5, 5.41) is 4.22. The molecule has 0 radical (unpaired) electrons. The minimum Gasteiger partial charge on any atom is -0.491 e. The van der Waals surface area contributed by atoms with E-state index in [0.29, 0.717) is 5.82 Å². The van der Waals surface area contributed by atoms with Gasteiger partial charge in [-0.3, -0.25) is 4.68 Å². The van der Waals surface area contributed by atoms with Crippen molar-refractivity contribution in [3.05, 3.63) is 29.8 Å². The number of aromatic nitrogens is 2. The fourth-order valence-corrected chi connectivity index (χ4v) is 2.02. The Morgan fingerprint density at radius 2 is 1.83 bits per heavy atom. The zero-order valence-corrected chi connectivity index (χ0v) is 11.3. The van der Waals surface area contributed by atoms with E-state index in [4.69, 9.17) is 10.5 Å². The standard InChI is InChI=1S/C14H19N3O/c1-9(2)18-12-7-5-11(6-8-12)13-10(3)14(15)16-17(13)4/h5-9H,1-4H3,(H2,15,16). The largest absolute Gasteiger partial charge is 0.491 e. The summed E-state index contributed by atoms with van der Waals surface area (Å²) in [5.74, 6) is 1.46. The third-order valence-electron chi connectivity index (χ3n) is 2.82. The fraction of sp³-hybridized carbons (Fsp3) is 0.357. The predicted octanol–water partition coefficient (Wildman–Crippen LogP) is 2.76. The zero-order chi connectivity index (χ0) is 13.3. The molecular formula is C14H19N3O. The summed E-state index contributed by atoms with van der Waals surface area (Å²) in [6, 6.07) is 8.00. The highest BCUT2D eigenvalue weighted by molar-refractivity contribution is 5.68. The maximum absolute atomic E-state index is 5.82. The van der Waals surface area contributed by atoms with E-state index in [1.807, 2.05) is 56.8 Å². The van der Waals surface area contributed by atoms with E-state index in [1.54, 1.807) is 0 Å². The third kappa shape index (κ3) is 2.32. The van der Waals surface area contributed by atoms with Crippen LogP contribution in [0.5, 0.6) is 5.75 Å². The van der Waals surface area contributed by atoms with Crippen molar-refractivity contribution in [1.82, 2.24) is 9.78 Å². The lowest BCUT2D eigenvalue weighted by Crippen LogP contribution is -2.05. The molecule has 1 aromatic carbocycles. The van der Waals surface area contributed by atoms with Crippen LogP contribution in [-0.4, -0.2) is 15.9 Å². The second-order valence-electron chi connectivity index (χ2n) is 4.67. The first-order valence-electron chi connectivity index (χ1n) is 6.05. The van der Waals surface area contributed by atoms with Gasteiger partial charge in [0.15, 0.2) is 0 Å². The van der Waals surface area contributed by atoms with Gasteiger partial charge in [-0.1, -0.05) is 0 Å². The molecule has 1 heterocycles. The molecule has 0 saturated heterocycles. The van der Waals surface area contributed by atoms with Crippen LogP contribution in [0, 0.1) is 6.92 Å². The van der Waals surface area contributed by atoms with E-state index in [-0.39, 0.29) is 6.10 Å². The molecule has 96 valence electrons. The van der Waals surface area contributed by atoms with Crippen LogP contribution in [0.1, 0.15) is 19.4 Å². The van der Waals surface area contributed by atoms with Crippen molar-refractivity contribution in [3.8, 4) is 17.0 Å². The van der Waals surface area contributed by atoms with E-state index in [2.05, 4.69) is 5.10 Å². The lowest BCUT2D eigenvalue weighted by atomic mass is 10.1. The van der Waals surface area contributed by atoms with Gasteiger partial charge in [-0.25, -0.2) is 0 Å². The molecular weight excluding hydrogens is 226 g/mol. The molecule has 0 unspecified atom stereocenters. The number of nitrogens with zero attached hydrogens (tertiary/aromatic N) is 2. The highest BCUT2D eigenvalue weighted by atomic mass is 16.5. The van der Waals surface area contributed by atoms with Crippen molar-refractivity contribution in [3.63, 3.8) is 0 Å². The van der Waals surface area contributed by atoms with Crippen molar-refractivity contribution in [1.29, 1.82) is 0 Å². The topological polar surface area (TPSA) is 53.1 Å². The van der Waals surface area contributed by atoms with E-state index in [9.17, 15) is 0 Å². The van der Waals surface area contributed by atoms with Crippen LogP contribution in [0.25, 0.3) is 11.3 Å². The first-order valence-corrected chi connectivity index (χ1v) is 6.05. The number of aryl methyl sites for hydroxylation is 1. The highest BCUT2D eigenvalue weighted by Gasteiger charge is 2.11. The van der Waals surface area contributed by atoms with Gasteiger partial charge in [0.2, 0.25) is 0 Å². The summed E-state index contributed by atoms with van der Waals surface area (Å²) >= 11 is 0. The first kappa shape index (κ1) is 12.5. The van der Waals surface area contributed by atoms with Crippen LogP contribution in [0.15, 0.2) is 24.3 Å². The molecule has 2 rings (SSSR count). The summed E-state index contributed by atoms with van der Waals surface area (Å²) in [7, 11) is 1.90. The summed E-state index contributed by atoms with van der Waals surface area (Å²) in [6.45, 7) is 6.01. The molecule has 18 heavy (non-hydrogen) atoms. The molecule has 0 aliphatic rings. The van der Waals surface area contributed by atoms with Crippen LogP contribution >= 0.6 is 0 Å². The Hall–Kier alpha value is -1.97. The second-order valence-corrected chi connectivity index (χ2v) is 4.67. The van der Waals surface area contributed by atoms with E-state index in [1.165, 1.54) is 0 Å². The minimum atomic E-state index is 0.185. The zero-order valence-electron chi connectivity index (χ0n) is 11.3. The molecule has 1 aromatic heterocycles. The van der Waals surface area contributed by atoms with Crippen molar-refractivity contribution in [2.45, 2.75) is 26.9 Å². The predicted molar refractivity (Wildman–Crippen MR) is 73.6 cm³/mol. The number of benzene rings is 1. The van der Waals surface area contributed by atoms with Crippen LogP contribution in [0.3, 0.4) is 0 Å². The maximum atomic E-state index is 5.82. The van der Waals surface area contributed by atoms with Crippen LogP contribution in [-0.2, 0) is 7.05 Å². The Bertz CT molecular complexity index is 541. The summed E-state index contributed by atoms with van der Waals surface area (Å²) in [5.41, 5.74) is 8.97. The van der Waals surface area contributed by atoms with E-state index in [0.717, 1.165) is 22.6 Å². The number of ether oxygens (including phenoxy) is 1. The number of nitrogens with two attached hydrogens (primary N) is 1. The van der Waals surface area contributed by atoms with E-state index >= 15 is 0 Å². The summed E-state index contributed by atoms with van der Waals surface area (Å²) in [4.78, 5) is 0. The molecule has 2 aromatic rings. The van der Waals surface area contributed by atoms with Crippen LogP contribution in [0.4, 0.5) is 5.82 Å². The Kier molecular flexibility index (Phi) is 3.28. The molecule has 4 heteroatoms. The van der Waals surface area contributed by atoms with E-state index < -0.39 is 0 Å². The van der Waals surface area contributed by atoms with Gasteiger partial charge in [0.05, 0.1) is 11.8 Å². The molecule has 0 bridgehead atoms. The van der Waals surface area contributed by atoms with Crippen LogP contribution < -0.4 is 10.5 Å². The quantitative estimate of drug-likeness (QED) is 0.904. The smallest absolute Gasteiger partial charge is 0.148 e. The van der Waals surface area contributed by atoms with Gasteiger partial charge in [0.25, 0.3) is 0 Å². The molecule has 0 aliphatic carbocycles. The summed E-state index contributed by atoms with van der Waals surface area (Å²) < 4.78 is 7.43. The first-order chi connectivity index (χ1) is 8.49. The molecule has 2 N–H and O–H groups in total. The van der Waals surface area contributed by atoms with Crippen molar-refractivity contribution < 1.29 is 4.74 Å². The number of hydrogen-bond acceptors (Lipinski definition) is 3. The lowest BCUT2D eigenvalue weighted by Gasteiger charge is -2.10. The lowest BCUT2D eigenvalue weighted by molar-refractivity contribution is 0.242. The molecule has 0 amide bonds. The number of anilines is 1. The molecule has 0 fully saturated rings. The van der Waals surface area contributed by atoms with Gasteiger partial charge in [-0.05, 0) is 45.0 Å². The Morgan fingerprint density at radius 1 is 1.22 bits per heavy atom.